The highest BCUT2D eigenvalue weighted by Gasteiger charge is 2.10. The molecule has 0 aliphatic carbocycles. The van der Waals surface area contributed by atoms with E-state index in [9.17, 15) is 14.4 Å². The average molecular weight is 343 g/mol. The Bertz CT molecular complexity index is 577. The average Bonchev–Trinajstić information content (AvgIpc) is 2.52. The number of esters is 1. The van der Waals surface area contributed by atoms with Gasteiger partial charge in [-0.1, -0.05) is 11.6 Å². The second-order valence-corrected chi connectivity index (χ2v) is 5.00. The molecule has 0 aliphatic rings. The highest BCUT2D eigenvalue weighted by Crippen LogP contribution is 2.20. The lowest BCUT2D eigenvalue weighted by Gasteiger charge is -2.08. The SMILES string of the molecule is CCNC(=O)CNC(=O)COC(=O)COc1ccc(Cl)c(C)c1. The first-order valence-electron chi connectivity index (χ1n) is 7.00. The van der Waals surface area contributed by atoms with Crippen LogP contribution in [0.15, 0.2) is 18.2 Å². The third-order valence-electron chi connectivity index (χ3n) is 2.67. The summed E-state index contributed by atoms with van der Waals surface area (Å²) in [4.78, 5) is 34.0. The number of likely N-dealkylation sites (N-methyl/N-ethyl adjacent to an activating group) is 1. The Balaban J connectivity index is 2.24. The van der Waals surface area contributed by atoms with Gasteiger partial charge < -0.3 is 20.1 Å². The van der Waals surface area contributed by atoms with E-state index < -0.39 is 18.5 Å². The Kier molecular flexibility index (Phi) is 7.90. The number of rotatable bonds is 8. The molecule has 1 aromatic carbocycles. The van der Waals surface area contributed by atoms with Crippen LogP contribution < -0.4 is 15.4 Å². The van der Waals surface area contributed by atoms with Gasteiger partial charge in [0, 0.05) is 11.6 Å². The number of carbonyl (C=O) groups excluding carboxylic acids is 3. The first-order chi connectivity index (χ1) is 10.9. The van der Waals surface area contributed by atoms with E-state index in [2.05, 4.69) is 10.6 Å². The number of aryl methyl sites for hydroxylation is 1. The Labute approximate surface area is 139 Å². The van der Waals surface area contributed by atoms with E-state index in [4.69, 9.17) is 21.1 Å². The molecule has 0 aliphatic heterocycles. The normalized spacial score (nSPS) is 9.87. The number of nitrogens with one attached hydrogen (secondary N) is 2. The number of carbonyl (C=O) groups is 3. The van der Waals surface area contributed by atoms with E-state index in [0.29, 0.717) is 17.3 Å². The predicted molar refractivity (Wildman–Crippen MR) is 84.3 cm³/mol. The second kappa shape index (κ2) is 9.68. The van der Waals surface area contributed by atoms with Gasteiger partial charge in [0.15, 0.2) is 13.2 Å². The lowest BCUT2D eigenvalue weighted by Crippen LogP contribution is -2.38. The number of amides is 2. The second-order valence-electron chi connectivity index (χ2n) is 4.59. The molecular formula is C15H19ClN2O5. The number of benzene rings is 1. The molecule has 2 N–H and O–H groups in total. The lowest BCUT2D eigenvalue weighted by atomic mass is 10.2. The zero-order valence-electron chi connectivity index (χ0n) is 13.0. The molecule has 23 heavy (non-hydrogen) atoms. The third-order valence-corrected chi connectivity index (χ3v) is 3.09. The maximum absolute atomic E-state index is 11.5. The molecule has 0 heterocycles. The van der Waals surface area contributed by atoms with E-state index >= 15 is 0 Å². The largest absolute Gasteiger partial charge is 0.482 e. The zero-order valence-corrected chi connectivity index (χ0v) is 13.7. The summed E-state index contributed by atoms with van der Waals surface area (Å²) < 4.78 is 9.98. The van der Waals surface area contributed by atoms with Crippen molar-refractivity contribution in [3.63, 3.8) is 0 Å². The fourth-order valence-corrected chi connectivity index (χ4v) is 1.64. The summed E-state index contributed by atoms with van der Waals surface area (Å²) in [5.41, 5.74) is 0.822. The van der Waals surface area contributed by atoms with Gasteiger partial charge in [-0.05, 0) is 37.6 Å². The van der Waals surface area contributed by atoms with E-state index in [1.165, 1.54) is 0 Å². The molecule has 0 aromatic heterocycles. The maximum atomic E-state index is 11.5. The van der Waals surface area contributed by atoms with Gasteiger partial charge in [0.1, 0.15) is 5.75 Å². The number of hydrogen-bond donors (Lipinski definition) is 2. The first kappa shape index (κ1) is 18.8. The summed E-state index contributed by atoms with van der Waals surface area (Å²) in [6.45, 7) is 3.10. The van der Waals surface area contributed by atoms with Crippen molar-refractivity contribution < 1.29 is 23.9 Å². The summed E-state index contributed by atoms with van der Waals surface area (Å²) in [5.74, 6) is -1.09. The molecule has 0 saturated carbocycles. The van der Waals surface area contributed by atoms with Crippen LogP contribution in [0.5, 0.6) is 5.75 Å². The molecule has 0 atom stereocenters. The Morgan fingerprint density at radius 3 is 2.52 bits per heavy atom. The Morgan fingerprint density at radius 1 is 1.13 bits per heavy atom. The summed E-state index contributed by atoms with van der Waals surface area (Å²) in [6.07, 6.45) is 0. The van der Waals surface area contributed by atoms with Crippen LogP contribution in [0.3, 0.4) is 0 Å². The Hall–Kier alpha value is -2.28. The van der Waals surface area contributed by atoms with Gasteiger partial charge in [-0.2, -0.15) is 0 Å². The monoisotopic (exact) mass is 342 g/mol. The standard InChI is InChI=1S/C15H19ClN2O5/c1-3-17-13(19)7-18-14(20)8-23-15(21)9-22-11-4-5-12(16)10(2)6-11/h4-6H,3,7-9H2,1-2H3,(H,17,19)(H,18,20). The molecule has 0 fully saturated rings. The van der Waals surface area contributed by atoms with Crippen molar-refractivity contribution in [3.8, 4) is 5.75 Å². The van der Waals surface area contributed by atoms with Gasteiger partial charge in [-0.15, -0.1) is 0 Å². The van der Waals surface area contributed by atoms with E-state index in [1.54, 1.807) is 25.1 Å². The van der Waals surface area contributed by atoms with Crippen LogP contribution in [0.2, 0.25) is 5.02 Å². The van der Waals surface area contributed by atoms with Crippen LogP contribution in [0.4, 0.5) is 0 Å². The topological polar surface area (TPSA) is 93.7 Å². The number of hydrogen-bond acceptors (Lipinski definition) is 5. The van der Waals surface area contributed by atoms with Crippen LogP contribution in [0.1, 0.15) is 12.5 Å². The quantitative estimate of drug-likeness (QED) is 0.682. The van der Waals surface area contributed by atoms with Crippen molar-refractivity contribution in [2.24, 2.45) is 0 Å². The molecule has 1 rings (SSSR count). The minimum Gasteiger partial charge on any atom is -0.482 e. The van der Waals surface area contributed by atoms with Crippen molar-refractivity contribution in [2.75, 3.05) is 26.3 Å². The van der Waals surface area contributed by atoms with Crippen LogP contribution in [-0.2, 0) is 19.1 Å². The fourth-order valence-electron chi connectivity index (χ4n) is 1.53. The predicted octanol–water partition coefficient (Wildman–Crippen LogP) is 0.823. The molecule has 0 saturated heterocycles. The lowest BCUT2D eigenvalue weighted by molar-refractivity contribution is -0.150. The minimum atomic E-state index is -0.689. The molecule has 0 spiro atoms. The third kappa shape index (κ3) is 7.51. The molecule has 7 nitrogen and oxygen atoms in total. The zero-order chi connectivity index (χ0) is 17.2. The fraction of sp³-hybridized carbons (Fsp3) is 0.400. The summed E-state index contributed by atoms with van der Waals surface area (Å²) in [5, 5.41) is 5.45. The van der Waals surface area contributed by atoms with Crippen molar-refractivity contribution in [1.82, 2.24) is 10.6 Å². The van der Waals surface area contributed by atoms with Gasteiger partial charge >= 0.3 is 5.97 Å². The van der Waals surface area contributed by atoms with Crippen molar-refractivity contribution in [3.05, 3.63) is 28.8 Å². The van der Waals surface area contributed by atoms with Gasteiger partial charge in [-0.25, -0.2) is 4.79 Å². The van der Waals surface area contributed by atoms with Crippen molar-refractivity contribution in [1.29, 1.82) is 0 Å². The summed E-state index contributed by atoms with van der Waals surface area (Å²) >= 11 is 5.88. The molecule has 1 aromatic rings. The Morgan fingerprint density at radius 2 is 1.87 bits per heavy atom. The van der Waals surface area contributed by atoms with Crippen LogP contribution in [-0.4, -0.2) is 44.1 Å². The van der Waals surface area contributed by atoms with Crippen LogP contribution in [0.25, 0.3) is 0 Å². The summed E-state index contributed by atoms with van der Waals surface area (Å²) in [7, 11) is 0. The van der Waals surface area contributed by atoms with Gasteiger partial charge in [0.2, 0.25) is 5.91 Å². The molecule has 8 heteroatoms. The first-order valence-corrected chi connectivity index (χ1v) is 7.38. The van der Waals surface area contributed by atoms with Crippen LogP contribution >= 0.6 is 11.6 Å². The maximum Gasteiger partial charge on any atom is 0.344 e. The van der Waals surface area contributed by atoms with Gasteiger partial charge in [-0.3, -0.25) is 9.59 Å². The smallest absolute Gasteiger partial charge is 0.344 e. The number of halogens is 1. The minimum absolute atomic E-state index is 0.162. The van der Waals surface area contributed by atoms with Crippen LogP contribution in [0, 0.1) is 6.92 Å². The molecule has 0 radical (unpaired) electrons. The number of ether oxygens (including phenoxy) is 2. The molecule has 126 valence electrons. The molecule has 0 bridgehead atoms. The van der Waals surface area contributed by atoms with Gasteiger partial charge in [0.05, 0.1) is 6.54 Å². The van der Waals surface area contributed by atoms with E-state index in [1.807, 2.05) is 6.92 Å². The van der Waals surface area contributed by atoms with E-state index in [0.717, 1.165) is 5.56 Å². The highest BCUT2D eigenvalue weighted by molar-refractivity contribution is 6.31. The molecule has 2 amide bonds. The molecular weight excluding hydrogens is 324 g/mol. The highest BCUT2D eigenvalue weighted by atomic mass is 35.5. The van der Waals surface area contributed by atoms with E-state index in [-0.39, 0.29) is 19.1 Å². The van der Waals surface area contributed by atoms with Gasteiger partial charge in [0.25, 0.3) is 5.91 Å². The van der Waals surface area contributed by atoms with Crippen molar-refractivity contribution >= 4 is 29.4 Å². The molecule has 0 unspecified atom stereocenters. The van der Waals surface area contributed by atoms with Crippen molar-refractivity contribution in [2.45, 2.75) is 13.8 Å². The summed E-state index contributed by atoms with van der Waals surface area (Å²) in [6, 6.07) is 4.97.